The highest BCUT2D eigenvalue weighted by Gasteiger charge is 2.04. The van der Waals surface area contributed by atoms with Crippen LogP contribution < -0.4 is 4.74 Å². The zero-order chi connectivity index (χ0) is 14.7. The molecule has 21 heavy (non-hydrogen) atoms. The van der Waals surface area contributed by atoms with Crippen LogP contribution in [-0.4, -0.2) is 5.16 Å². The number of rotatable bonds is 4. The van der Waals surface area contributed by atoms with E-state index in [1.807, 2.05) is 12.1 Å². The van der Waals surface area contributed by atoms with Crippen LogP contribution in [0.2, 0.25) is 0 Å². The highest BCUT2D eigenvalue weighted by Crippen LogP contribution is 2.21. The van der Waals surface area contributed by atoms with Crippen LogP contribution in [0.5, 0.6) is 5.75 Å². The van der Waals surface area contributed by atoms with E-state index < -0.39 is 11.6 Å². The zero-order valence-electron chi connectivity index (χ0n) is 10.9. The smallest absolute Gasteiger partial charge is 0.126 e. The molecule has 0 fully saturated rings. The maximum absolute atomic E-state index is 13.1. The topological polar surface area (TPSA) is 35.3 Å². The summed E-state index contributed by atoms with van der Waals surface area (Å²) in [6.45, 7) is 0.0952. The molecule has 0 aliphatic rings. The van der Waals surface area contributed by atoms with Crippen molar-refractivity contribution in [3.8, 4) is 17.0 Å². The Morgan fingerprint density at radius 1 is 0.952 bits per heavy atom. The van der Waals surface area contributed by atoms with Gasteiger partial charge < -0.3 is 9.26 Å². The van der Waals surface area contributed by atoms with Crippen molar-refractivity contribution in [3.63, 3.8) is 0 Å². The molecule has 2 aromatic carbocycles. The van der Waals surface area contributed by atoms with Gasteiger partial charge in [0.1, 0.15) is 35.9 Å². The van der Waals surface area contributed by atoms with Crippen LogP contribution in [0.25, 0.3) is 11.3 Å². The predicted octanol–water partition coefficient (Wildman–Crippen LogP) is 4.20. The lowest BCUT2D eigenvalue weighted by Gasteiger charge is -2.07. The largest absolute Gasteiger partial charge is 0.489 e. The maximum Gasteiger partial charge on any atom is 0.126 e. The van der Waals surface area contributed by atoms with Gasteiger partial charge in [0.15, 0.2) is 0 Å². The van der Waals surface area contributed by atoms with Crippen molar-refractivity contribution >= 4 is 0 Å². The molecule has 3 rings (SSSR count). The Hall–Kier alpha value is -2.69. The highest BCUT2D eigenvalue weighted by molar-refractivity contribution is 5.59. The third-order valence-electron chi connectivity index (χ3n) is 2.92. The van der Waals surface area contributed by atoms with Gasteiger partial charge in [-0.15, -0.1) is 0 Å². The molecular formula is C16H11F2NO2. The van der Waals surface area contributed by atoms with Crippen LogP contribution in [0, 0.1) is 11.6 Å². The van der Waals surface area contributed by atoms with Gasteiger partial charge in [-0.3, -0.25) is 0 Å². The Labute approximate surface area is 119 Å². The normalized spacial score (nSPS) is 10.6. The molecule has 0 aliphatic carbocycles. The van der Waals surface area contributed by atoms with Gasteiger partial charge in [-0.25, -0.2) is 8.78 Å². The molecule has 0 bridgehead atoms. The highest BCUT2D eigenvalue weighted by atomic mass is 19.1. The van der Waals surface area contributed by atoms with E-state index in [1.165, 1.54) is 18.4 Å². The standard InChI is InChI=1S/C16H11F2NO2/c17-13-7-11(8-14(18)9-13)10-20-15-3-1-12(2-4-15)16-5-6-21-19-16/h1-9H,10H2. The summed E-state index contributed by atoms with van der Waals surface area (Å²) in [5.41, 5.74) is 2.06. The monoisotopic (exact) mass is 287 g/mol. The van der Waals surface area contributed by atoms with Crippen LogP contribution in [-0.2, 0) is 6.61 Å². The fraction of sp³-hybridized carbons (Fsp3) is 0.0625. The van der Waals surface area contributed by atoms with Crippen molar-refractivity contribution in [1.29, 1.82) is 0 Å². The molecule has 106 valence electrons. The maximum atomic E-state index is 13.1. The van der Waals surface area contributed by atoms with E-state index in [0.29, 0.717) is 11.3 Å². The average Bonchev–Trinajstić information content (AvgIpc) is 2.99. The molecule has 0 amide bonds. The third-order valence-corrected chi connectivity index (χ3v) is 2.92. The van der Waals surface area contributed by atoms with E-state index in [9.17, 15) is 8.78 Å². The summed E-state index contributed by atoms with van der Waals surface area (Å²) in [7, 11) is 0. The second-order valence-corrected chi connectivity index (χ2v) is 4.48. The lowest BCUT2D eigenvalue weighted by atomic mass is 10.1. The number of benzene rings is 2. The van der Waals surface area contributed by atoms with Crippen LogP contribution in [0.1, 0.15) is 5.56 Å². The Bertz CT molecular complexity index is 704. The van der Waals surface area contributed by atoms with E-state index in [4.69, 9.17) is 9.26 Å². The first kappa shape index (κ1) is 13.3. The third kappa shape index (κ3) is 3.25. The van der Waals surface area contributed by atoms with Gasteiger partial charge >= 0.3 is 0 Å². The summed E-state index contributed by atoms with van der Waals surface area (Å²) < 4.78 is 36.4. The molecule has 0 saturated heterocycles. The van der Waals surface area contributed by atoms with Gasteiger partial charge in [-0.05, 0) is 42.0 Å². The minimum absolute atomic E-state index is 0.0952. The molecule has 0 aliphatic heterocycles. The molecule has 5 heteroatoms. The summed E-state index contributed by atoms with van der Waals surface area (Å²) in [6, 6.07) is 12.3. The van der Waals surface area contributed by atoms with E-state index in [0.717, 1.165) is 17.3 Å². The Balaban J connectivity index is 1.68. The molecular weight excluding hydrogens is 276 g/mol. The quantitative estimate of drug-likeness (QED) is 0.721. The van der Waals surface area contributed by atoms with Crippen LogP contribution in [0.3, 0.4) is 0 Å². The molecule has 0 unspecified atom stereocenters. The van der Waals surface area contributed by atoms with Gasteiger partial charge in [0.05, 0.1) is 0 Å². The number of hydrogen-bond acceptors (Lipinski definition) is 3. The number of aromatic nitrogens is 1. The van der Waals surface area contributed by atoms with Crippen molar-refractivity contribution < 1.29 is 18.0 Å². The fourth-order valence-corrected chi connectivity index (χ4v) is 1.94. The summed E-state index contributed by atoms with van der Waals surface area (Å²) >= 11 is 0. The number of ether oxygens (including phenoxy) is 1. The number of halogens is 2. The first-order valence-electron chi connectivity index (χ1n) is 6.29. The van der Waals surface area contributed by atoms with Gasteiger partial charge in [-0.2, -0.15) is 0 Å². The molecule has 0 radical (unpaired) electrons. The molecule has 1 heterocycles. The molecule has 0 atom stereocenters. The molecule has 0 spiro atoms. The molecule has 3 nitrogen and oxygen atoms in total. The van der Waals surface area contributed by atoms with Crippen LogP contribution in [0.4, 0.5) is 8.78 Å². The fourth-order valence-electron chi connectivity index (χ4n) is 1.94. The minimum atomic E-state index is -0.616. The summed E-state index contributed by atoms with van der Waals surface area (Å²) in [5.74, 6) is -0.628. The molecule has 3 aromatic rings. The summed E-state index contributed by atoms with van der Waals surface area (Å²) in [5, 5.41) is 3.83. The Morgan fingerprint density at radius 2 is 1.67 bits per heavy atom. The van der Waals surface area contributed by atoms with Crippen molar-refractivity contribution in [1.82, 2.24) is 5.16 Å². The van der Waals surface area contributed by atoms with Gasteiger partial charge in [0.2, 0.25) is 0 Å². The van der Waals surface area contributed by atoms with Crippen molar-refractivity contribution in [2.24, 2.45) is 0 Å². The van der Waals surface area contributed by atoms with Gasteiger partial charge in [0.25, 0.3) is 0 Å². The first-order chi connectivity index (χ1) is 10.2. The van der Waals surface area contributed by atoms with Crippen LogP contribution >= 0.6 is 0 Å². The van der Waals surface area contributed by atoms with Crippen molar-refractivity contribution in [2.45, 2.75) is 6.61 Å². The van der Waals surface area contributed by atoms with E-state index in [1.54, 1.807) is 18.2 Å². The lowest BCUT2D eigenvalue weighted by molar-refractivity contribution is 0.305. The SMILES string of the molecule is Fc1cc(F)cc(COc2ccc(-c3ccon3)cc2)c1. The molecule has 0 N–H and O–H groups in total. The van der Waals surface area contributed by atoms with E-state index >= 15 is 0 Å². The Kier molecular flexibility index (Phi) is 3.64. The van der Waals surface area contributed by atoms with Crippen LogP contribution in [0.15, 0.2) is 59.3 Å². The lowest BCUT2D eigenvalue weighted by Crippen LogP contribution is -1.97. The van der Waals surface area contributed by atoms with Crippen molar-refractivity contribution in [2.75, 3.05) is 0 Å². The molecule has 1 aromatic heterocycles. The summed E-state index contributed by atoms with van der Waals surface area (Å²) in [4.78, 5) is 0. The van der Waals surface area contributed by atoms with Gasteiger partial charge in [-0.1, -0.05) is 5.16 Å². The van der Waals surface area contributed by atoms with Gasteiger partial charge in [0, 0.05) is 17.7 Å². The second kappa shape index (κ2) is 5.75. The summed E-state index contributed by atoms with van der Waals surface area (Å²) in [6.07, 6.45) is 1.50. The van der Waals surface area contributed by atoms with E-state index in [-0.39, 0.29) is 6.61 Å². The first-order valence-corrected chi connectivity index (χ1v) is 6.29. The zero-order valence-corrected chi connectivity index (χ0v) is 10.9. The molecule has 0 saturated carbocycles. The second-order valence-electron chi connectivity index (χ2n) is 4.48. The van der Waals surface area contributed by atoms with Crippen molar-refractivity contribution in [3.05, 3.63) is 72.0 Å². The van der Waals surface area contributed by atoms with E-state index in [2.05, 4.69) is 5.16 Å². The Morgan fingerprint density at radius 3 is 2.29 bits per heavy atom. The number of hydrogen-bond donors (Lipinski definition) is 0. The average molecular weight is 287 g/mol. The predicted molar refractivity (Wildman–Crippen MR) is 72.6 cm³/mol. The number of nitrogens with zero attached hydrogens (tertiary/aromatic N) is 1. The minimum Gasteiger partial charge on any atom is -0.489 e.